The fraction of sp³-hybridized carbons (Fsp3) is 0.631. The topological polar surface area (TPSA) is 189 Å². The highest BCUT2D eigenvalue weighted by atomic mass is 16.5. The van der Waals surface area contributed by atoms with Gasteiger partial charge in [-0.05, 0) is 159 Å². The highest BCUT2D eigenvalue weighted by Gasteiger charge is 2.32. The molecule has 25 heteroatoms. The Hall–Kier alpha value is -8.23. The molecule has 8 aliphatic rings. The highest BCUT2D eigenvalue weighted by Crippen LogP contribution is 2.41. The van der Waals surface area contributed by atoms with Gasteiger partial charge in [-0.3, -0.25) is 14.6 Å². The normalized spacial score (nSPS) is 18.7. The van der Waals surface area contributed by atoms with Crippen LogP contribution in [-0.2, 0) is 0 Å². The number of hydrogen-bond acceptors (Lipinski definition) is 24. The molecule has 1 amide bonds. The minimum Gasteiger partial charge on any atom is -0.493 e. The number of benzene rings is 4. The van der Waals surface area contributed by atoms with Gasteiger partial charge in [0.05, 0.1) is 57.7 Å². The molecule has 2 aliphatic carbocycles. The molecule has 109 heavy (non-hydrogen) atoms. The lowest BCUT2D eigenvalue weighted by Gasteiger charge is -2.39. The van der Waals surface area contributed by atoms with Crippen LogP contribution in [0.5, 0.6) is 34.5 Å². The van der Waals surface area contributed by atoms with Gasteiger partial charge in [0.25, 0.3) is 5.91 Å². The summed E-state index contributed by atoms with van der Waals surface area (Å²) in [6.07, 6.45) is 22.0. The summed E-state index contributed by atoms with van der Waals surface area (Å²) in [7, 11) is 17.0. The minimum absolute atomic E-state index is 0.0694. The van der Waals surface area contributed by atoms with Crippen molar-refractivity contribution in [3.8, 4) is 34.5 Å². The summed E-state index contributed by atoms with van der Waals surface area (Å²) < 4.78 is 35.9. The molecule has 0 N–H and O–H groups in total. The molecule has 592 valence electrons. The van der Waals surface area contributed by atoms with Crippen molar-refractivity contribution in [2.45, 2.75) is 115 Å². The SMILES string of the molecule is COc1cc2c(N3CCN(C(=O)c4ccccc4)CC3)nc(N(C)C)nc2cc1OCCCN1CCCC1.COc1cc2c(N3CCN(C4CCCC4)CC3)nc(N(C)C)nc2cc1OCCCN1CCCC1.COc1cc2c(N3CCN(CC4CCCC4)CC3)nc(N(C)C)nc2cc1OCCCN1CCCC1. The fourth-order valence-corrected chi connectivity index (χ4v) is 17.0. The zero-order valence-electron chi connectivity index (χ0n) is 67.1. The first-order chi connectivity index (χ1) is 53.2. The molecule has 4 aromatic carbocycles. The van der Waals surface area contributed by atoms with E-state index in [9.17, 15) is 4.79 Å². The van der Waals surface area contributed by atoms with Crippen molar-refractivity contribution in [3.05, 3.63) is 72.3 Å². The van der Waals surface area contributed by atoms with Gasteiger partial charge >= 0.3 is 0 Å². The van der Waals surface area contributed by atoms with Crippen LogP contribution in [0.4, 0.5) is 35.3 Å². The molecule has 3 aromatic heterocycles. The number of anilines is 6. The van der Waals surface area contributed by atoms with Gasteiger partial charge in [-0.2, -0.15) is 15.0 Å². The van der Waals surface area contributed by atoms with Crippen LogP contribution in [0.3, 0.4) is 0 Å². The number of carbonyl (C=O) groups excluding carboxylic acids is 1. The van der Waals surface area contributed by atoms with Crippen molar-refractivity contribution in [2.75, 3.05) is 257 Å². The largest absolute Gasteiger partial charge is 0.493 e. The number of fused-ring (bicyclic) bond motifs is 3. The van der Waals surface area contributed by atoms with Gasteiger partial charge in [0.1, 0.15) is 17.5 Å². The van der Waals surface area contributed by atoms with Crippen LogP contribution in [0.1, 0.15) is 120 Å². The van der Waals surface area contributed by atoms with E-state index in [1.807, 2.05) is 116 Å². The predicted molar refractivity (Wildman–Crippen MR) is 440 cm³/mol. The minimum atomic E-state index is 0.0694. The van der Waals surface area contributed by atoms with Crippen molar-refractivity contribution in [3.63, 3.8) is 0 Å². The second kappa shape index (κ2) is 38.6. The molecule has 25 nitrogen and oxygen atoms in total. The first kappa shape index (κ1) is 78.9. The van der Waals surface area contributed by atoms with Crippen molar-refractivity contribution in [1.29, 1.82) is 0 Å². The first-order valence-electron chi connectivity index (χ1n) is 41.1. The van der Waals surface area contributed by atoms with Gasteiger partial charge in [0.15, 0.2) is 34.5 Å². The molecular weight excluding hydrogens is 1370 g/mol. The van der Waals surface area contributed by atoms with Crippen molar-refractivity contribution in [1.82, 2.24) is 59.3 Å². The average molecular weight is 1500 g/mol. The second-order valence-corrected chi connectivity index (χ2v) is 31.6. The van der Waals surface area contributed by atoms with E-state index in [1.54, 1.807) is 21.3 Å². The zero-order chi connectivity index (χ0) is 75.6. The fourth-order valence-electron chi connectivity index (χ4n) is 17.0. The molecular formula is C84H124N18O7. The third-order valence-corrected chi connectivity index (χ3v) is 23.3. The number of likely N-dealkylation sites (tertiary alicyclic amines) is 3. The van der Waals surface area contributed by atoms with Crippen LogP contribution < -0.4 is 57.8 Å². The van der Waals surface area contributed by atoms with Crippen LogP contribution in [0.25, 0.3) is 32.7 Å². The average Bonchev–Trinajstić information content (AvgIpc) is 1.59. The van der Waals surface area contributed by atoms with E-state index >= 15 is 0 Å². The van der Waals surface area contributed by atoms with Crippen molar-refractivity contribution < 1.29 is 33.2 Å². The maximum Gasteiger partial charge on any atom is 0.253 e. The van der Waals surface area contributed by atoms with E-state index < -0.39 is 0 Å². The van der Waals surface area contributed by atoms with Crippen molar-refractivity contribution >= 4 is 73.9 Å². The van der Waals surface area contributed by atoms with Crippen LogP contribution in [0, 0.1) is 5.92 Å². The lowest BCUT2D eigenvalue weighted by molar-refractivity contribution is 0.0746. The molecule has 0 spiro atoms. The standard InChI is InChI=1S/C29H38N6O3.C28H44N6O2.C27H42N6O2/c1-32(2)29-30-24-21-26(38-19-9-14-33-12-7-8-13-33)25(37-3)20-23(24)27(31-29)34-15-17-35(18-16-34)28(36)22-10-5-4-6-11-22;1-31(2)28-29-24-20-26(36-18-8-13-32-11-6-7-12-32)25(35-3)19-23(24)27(30-28)34-16-14-33(15-17-34)21-22-9-4-5-10-22;1-30(2)27-28-23-20-25(35-18-8-13-31-11-6-7-12-31)24(34-3)19-22(23)26(29-27)33-16-14-32(15-17-33)21-9-4-5-10-21/h4-6,10-11,20-21H,7-9,12-19H2,1-3H3;19-20,22H,4-18,21H2,1-3H3;19-21H,4-18H2,1-3H3. The maximum atomic E-state index is 12.9. The van der Waals surface area contributed by atoms with Gasteiger partial charge in [-0.1, -0.05) is 43.9 Å². The summed E-state index contributed by atoms with van der Waals surface area (Å²) in [6.45, 7) is 24.8. The van der Waals surface area contributed by atoms with Gasteiger partial charge in [0.2, 0.25) is 17.8 Å². The van der Waals surface area contributed by atoms with Crippen LogP contribution >= 0.6 is 0 Å². The maximum absolute atomic E-state index is 12.9. The monoisotopic (exact) mass is 1500 g/mol. The Morgan fingerprint density at radius 3 is 1.09 bits per heavy atom. The molecule has 9 heterocycles. The summed E-state index contributed by atoms with van der Waals surface area (Å²) in [6, 6.07) is 22.4. The molecule has 15 rings (SSSR count). The summed E-state index contributed by atoms with van der Waals surface area (Å²) in [5.41, 5.74) is 3.36. The van der Waals surface area contributed by atoms with E-state index in [4.69, 9.17) is 58.3 Å². The molecule has 0 unspecified atom stereocenters. The Morgan fingerprint density at radius 1 is 0.385 bits per heavy atom. The summed E-state index contributed by atoms with van der Waals surface area (Å²) >= 11 is 0. The van der Waals surface area contributed by atoms with E-state index in [0.29, 0.717) is 63.4 Å². The molecule has 7 aromatic rings. The van der Waals surface area contributed by atoms with Gasteiger partial charge in [-0.15, -0.1) is 0 Å². The summed E-state index contributed by atoms with van der Waals surface area (Å²) in [4.78, 5) is 70.2. The van der Waals surface area contributed by atoms with E-state index in [2.05, 4.69) is 51.3 Å². The number of amides is 1. The van der Waals surface area contributed by atoms with Gasteiger partial charge in [-0.25, -0.2) is 15.0 Å². The Labute approximate surface area is 648 Å². The summed E-state index contributed by atoms with van der Waals surface area (Å²) in [5, 5.41) is 2.98. The van der Waals surface area contributed by atoms with Gasteiger partial charge < -0.3 is 77.4 Å². The molecule has 6 saturated heterocycles. The lowest BCUT2D eigenvalue weighted by Crippen LogP contribution is -2.50. The van der Waals surface area contributed by atoms with Crippen LogP contribution in [-0.4, -0.2) is 299 Å². The molecule has 8 fully saturated rings. The molecule has 0 radical (unpaired) electrons. The molecule has 6 aliphatic heterocycles. The lowest BCUT2D eigenvalue weighted by atomic mass is 10.1. The number of carbonyl (C=O) groups is 1. The van der Waals surface area contributed by atoms with E-state index in [0.717, 1.165) is 194 Å². The number of hydrogen-bond donors (Lipinski definition) is 0. The van der Waals surface area contributed by atoms with Crippen LogP contribution in [0.15, 0.2) is 66.7 Å². The van der Waals surface area contributed by atoms with Gasteiger partial charge in [0, 0.05) is 193 Å². The third-order valence-electron chi connectivity index (χ3n) is 23.3. The van der Waals surface area contributed by atoms with E-state index in [-0.39, 0.29) is 5.91 Å². The zero-order valence-corrected chi connectivity index (χ0v) is 67.1. The Morgan fingerprint density at radius 2 is 0.734 bits per heavy atom. The van der Waals surface area contributed by atoms with Crippen molar-refractivity contribution in [2.24, 2.45) is 5.92 Å². The number of methoxy groups -OCH3 is 3. The molecule has 0 bridgehead atoms. The second-order valence-electron chi connectivity index (χ2n) is 31.6. The Kier molecular flexibility index (Phi) is 27.9. The summed E-state index contributed by atoms with van der Waals surface area (Å²) in [5.74, 6) is 10.4. The number of rotatable bonds is 28. The van der Waals surface area contributed by atoms with Crippen LogP contribution in [0.2, 0.25) is 0 Å². The molecule has 0 atom stereocenters. The Balaban J connectivity index is 0.000000144. The first-order valence-corrected chi connectivity index (χ1v) is 41.1. The van der Waals surface area contributed by atoms with E-state index in [1.165, 1.54) is 136 Å². The highest BCUT2D eigenvalue weighted by molar-refractivity contribution is 5.97. The number of piperazine rings is 3. The number of nitrogens with zero attached hydrogens (tertiary/aromatic N) is 18. The third kappa shape index (κ3) is 20.5. The Bertz CT molecular complexity index is 4030. The predicted octanol–water partition coefficient (Wildman–Crippen LogP) is 11.0. The smallest absolute Gasteiger partial charge is 0.253 e. The number of ether oxygens (including phenoxy) is 6. The quantitative estimate of drug-likeness (QED) is 0.0421. The number of aromatic nitrogens is 6. The molecule has 2 saturated carbocycles.